The van der Waals surface area contributed by atoms with E-state index in [-0.39, 0.29) is 4.90 Å². The van der Waals surface area contributed by atoms with Crippen molar-refractivity contribution in [2.75, 3.05) is 18.0 Å². The Morgan fingerprint density at radius 3 is 2.32 bits per heavy atom. The van der Waals surface area contributed by atoms with E-state index in [1.54, 1.807) is 75.6 Å². The van der Waals surface area contributed by atoms with Gasteiger partial charge in [-0.25, -0.2) is 8.42 Å². The Morgan fingerprint density at radius 2 is 1.71 bits per heavy atom. The Labute approximate surface area is 200 Å². The fourth-order valence-electron chi connectivity index (χ4n) is 3.18. The minimum Gasteiger partial charge on any atom is -0.497 e. The lowest BCUT2D eigenvalue weighted by molar-refractivity contribution is -0.152. The van der Waals surface area contributed by atoms with Crippen molar-refractivity contribution < 1.29 is 22.7 Å². The molecule has 0 spiro atoms. The van der Waals surface area contributed by atoms with Crippen molar-refractivity contribution in [1.29, 1.82) is 0 Å². The van der Waals surface area contributed by atoms with Crippen LogP contribution in [0, 0.1) is 0 Å². The Kier molecular flexibility index (Phi) is 7.73. The molecule has 0 N–H and O–H groups in total. The number of esters is 1. The summed E-state index contributed by atoms with van der Waals surface area (Å²) in [6.45, 7) is 4.72. The molecule has 0 bridgehead atoms. The van der Waals surface area contributed by atoms with Crippen molar-refractivity contribution in [3.8, 4) is 5.75 Å². The SMILES string of the molecule is COc1ccc(S(=O)(=O)N(CC(=O)OC(C)(C)C)c2ccccc2/C=C\c2cccnc2)cc1. The minimum absolute atomic E-state index is 0.0305. The topological polar surface area (TPSA) is 85.8 Å². The van der Waals surface area contributed by atoms with E-state index in [4.69, 9.17) is 9.47 Å². The van der Waals surface area contributed by atoms with Gasteiger partial charge in [-0.1, -0.05) is 36.4 Å². The number of benzene rings is 2. The number of carbonyl (C=O) groups excluding carboxylic acids is 1. The maximum atomic E-state index is 13.7. The summed E-state index contributed by atoms with van der Waals surface area (Å²) in [5.74, 6) is -0.131. The van der Waals surface area contributed by atoms with Gasteiger partial charge in [-0.3, -0.25) is 14.1 Å². The average molecular weight is 481 g/mol. The largest absolute Gasteiger partial charge is 0.497 e. The molecule has 34 heavy (non-hydrogen) atoms. The fraction of sp³-hybridized carbons (Fsp3) is 0.231. The van der Waals surface area contributed by atoms with Gasteiger partial charge in [0.15, 0.2) is 0 Å². The summed E-state index contributed by atoms with van der Waals surface area (Å²) in [4.78, 5) is 16.9. The van der Waals surface area contributed by atoms with Crippen LogP contribution in [0.5, 0.6) is 5.75 Å². The van der Waals surface area contributed by atoms with Crippen molar-refractivity contribution in [2.24, 2.45) is 0 Å². The number of hydrogen-bond donors (Lipinski definition) is 0. The predicted molar refractivity (Wildman–Crippen MR) is 133 cm³/mol. The first-order chi connectivity index (χ1) is 16.1. The summed E-state index contributed by atoms with van der Waals surface area (Å²) < 4.78 is 39.1. The molecule has 2 aromatic carbocycles. The number of para-hydroxylation sites is 1. The van der Waals surface area contributed by atoms with E-state index in [0.29, 0.717) is 17.0 Å². The number of nitrogens with zero attached hydrogens (tertiary/aromatic N) is 2. The molecule has 0 saturated carbocycles. The second kappa shape index (κ2) is 10.5. The minimum atomic E-state index is -4.10. The van der Waals surface area contributed by atoms with Crippen LogP contribution in [-0.2, 0) is 19.6 Å². The molecule has 1 heterocycles. The maximum Gasteiger partial charge on any atom is 0.327 e. The molecule has 0 atom stereocenters. The highest BCUT2D eigenvalue weighted by molar-refractivity contribution is 7.92. The molecule has 0 saturated heterocycles. The number of methoxy groups -OCH3 is 1. The first-order valence-electron chi connectivity index (χ1n) is 10.7. The van der Waals surface area contributed by atoms with Crippen LogP contribution < -0.4 is 9.04 Å². The summed E-state index contributed by atoms with van der Waals surface area (Å²) >= 11 is 0. The Hall–Kier alpha value is -3.65. The van der Waals surface area contributed by atoms with Crippen LogP contribution in [-0.4, -0.2) is 38.6 Å². The lowest BCUT2D eigenvalue weighted by Gasteiger charge is -2.27. The van der Waals surface area contributed by atoms with E-state index in [1.165, 1.54) is 19.2 Å². The number of anilines is 1. The molecule has 7 nitrogen and oxygen atoms in total. The summed E-state index contributed by atoms with van der Waals surface area (Å²) in [5.41, 5.74) is 1.07. The second-order valence-corrected chi connectivity index (χ2v) is 10.3. The second-order valence-electron chi connectivity index (χ2n) is 8.45. The fourth-order valence-corrected chi connectivity index (χ4v) is 4.62. The van der Waals surface area contributed by atoms with Crippen LogP contribution in [0.4, 0.5) is 5.69 Å². The standard InChI is InChI=1S/C26H28N2O5S/c1-26(2,3)33-25(29)19-28(34(30,31)23-15-13-22(32-4)14-16-23)24-10-6-5-9-21(24)12-11-20-8-7-17-27-18-20/h5-18H,19H2,1-4H3/b12-11-. The zero-order valence-corrected chi connectivity index (χ0v) is 20.5. The number of ether oxygens (including phenoxy) is 2. The van der Waals surface area contributed by atoms with Gasteiger partial charge in [-0.05, 0) is 68.3 Å². The predicted octanol–water partition coefficient (Wildman–Crippen LogP) is 4.80. The first kappa shape index (κ1) is 25.0. The lowest BCUT2D eigenvalue weighted by atomic mass is 10.1. The molecule has 3 rings (SSSR count). The average Bonchev–Trinajstić information content (AvgIpc) is 2.81. The molecule has 0 aliphatic carbocycles. The van der Waals surface area contributed by atoms with Crippen molar-refractivity contribution in [1.82, 2.24) is 4.98 Å². The highest BCUT2D eigenvalue weighted by Crippen LogP contribution is 2.29. The number of aromatic nitrogens is 1. The number of pyridine rings is 1. The van der Waals surface area contributed by atoms with Crippen LogP contribution in [0.1, 0.15) is 31.9 Å². The molecular weight excluding hydrogens is 452 g/mol. The van der Waals surface area contributed by atoms with Gasteiger partial charge in [0, 0.05) is 12.4 Å². The highest BCUT2D eigenvalue weighted by atomic mass is 32.2. The van der Waals surface area contributed by atoms with Crippen LogP contribution in [0.2, 0.25) is 0 Å². The van der Waals surface area contributed by atoms with E-state index in [0.717, 1.165) is 9.87 Å². The molecule has 0 unspecified atom stereocenters. The highest BCUT2D eigenvalue weighted by Gasteiger charge is 2.30. The van der Waals surface area contributed by atoms with Gasteiger partial charge in [0.25, 0.3) is 10.0 Å². The third kappa shape index (κ3) is 6.45. The van der Waals surface area contributed by atoms with Gasteiger partial charge in [0.2, 0.25) is 0 Å². The number of rotatable bonds is 8. The Balaban J connectivity index is 2.07. The molecule has 0 radical (unpaired) electrons. The quantitative estimate of drug-likeness (QED) is 0.431. The van der Waals surface area contributed by atoms with Crippen molar-refractivity contribution in [3.63, 3.8) is 0 Å². The van der Waals surface area contributed by atoms with Gasteiger partial charge in [-0.15, -0.1) is 0 Å². The monoisotopic (exact) mass is 480 g/mol. The molecule has 3 aromatic rings. The van der Waals surface area contributed by atoms with Crippen molar-refractivity contribution in [2.45, 2.75) is 31.3 Å². The van der Waals surface area contributed by atoms with E-state index >= 15 is 0 Å². The number of carbonyl (C=O) groups is 1. The van der Waals surface area contributed by atoms with Crippen molar-refractivity contribution in [3.05, 3.63) is 84.2 Å². The Morgan fingerprint density at radius 1 is 1.00 bits per heavy atom. The zero-order chi connectivity index (χ0) is 24.8. The summed E-state index contributed by atoms with van der Waals surface area (Å²) in [6, 6.07) is 16.7. The Bertz CT molecular complexity index is 1250. The van der Waals surface area contributed by atoms with Gasteiger partial charge in [0.1, 0.15) is 17.9 Å². The van der Waals surface area contributed by atoms with Crippen LogP contribution in [0.15, 0.2) is 78.0 Å². The van der Waals surface area contributed by atoms with Gasteiger partial charge < -0.3 is 9.47 Å². The molecule has 178 valence electrons. The summed E-state index contributed by atoms with van der Waals surface area (Å²) in [5, 5.41) is 0. The molecule has 0 aliphatic rings. The van der Waals surface area contributed by atoms with Crippen LogP contribution in [0.3, 0.4) is 0 Å². The normalized spacial score (nSPS) is 11.9. The molecule has 8 heteroatoms. The number of sulfonamides is 1. The molecule has 1 aromatic heterocycles. The summed E-state index contributed by atoms with van der Waals surface area (Å²) in [7, 11) is -2.60. The van der Waals surface area contributed by atoms with E-state index in [2.05, 4.69) is 4.98 Å². The molecule has 0 fully saturated rings. The molecule has 0 aliphatic heterocycles. The third-order valence-electron chi connectivity index (χ3n) is 4.69. The van der Waals surface area contributed by atoms with Gasteiger partial charge in [-0.2, -0.15) is 0 Å². The van der Waals surface area contributed by atoms with Crippen LogP contribution >= 0.6 is 0 Å². The molecular formula is C26H28N2O5S. The molecule has 0 amide bonds. The zero-order valence-electron chi connectivity index (χ0n) is 19.6. The lowest BCUT2D eigenvalue weighted by Crippen LogP contribution is -2.39. The van der Waals surface area contributed by atoms with Crippen molar-refractivity contribution >= 4 is 33.8 Å². The van der Waals surface area contributed by atoms with Gasteiger partial charge in [0.05, 0.1) is 17.7 Å². The van der Waals surface area contributed by atoms with Gasteiger partial charge >= 0.3 is 5.97 Å². The van der Waals surface area contributed by atoms with Crippen LogP contribution in [0.25, 0.3) is 12.2 Å². The van der Waals surface area contributed by atoms with E-state index < -0.39 is 28.1 Å². The summed E-state index contributed by atoms with van der Waals surface area (Å²) in [6.07, 6.45) is 7.00. The van der Waals surface area contributed by atoms with E-state index in [9.17, 15) is 13.2 Å². The first-order valence-corrected chi connectivity index (χ1v) is 12.1. The smallest absolute Gasteiger partial charge is 0.327 e. The van der Waals surface area contributed by atoms with E-state index in [1.807, 2.05) is 18.2 Å². The maximum absolute atomic E-state index is 13.7. The third-order valence-corrected chi connectivity index (χ3v) is 6.46. The number of hydrogen-bond acceptors (Lipinski definition) is 6.